The van der Waals surface area contributed by atoms with Gasteiger partial charge in [0.25, 0.3) is 0 Å². The SMILES string of the molecule is CCOc1cc2c(Nc3ccc(OC)cc3)ccnc2nc1/C=C/C(=O)O. The zero-order valence-corrected chi connectivity index (χ0v) is 15.0. The van der Waals surface area contributed by atoms with Crippen LogP contribution >= 0.6 is 0 Å². The molecule has 0 aliphatic carbocycles. The number of benzene rings is 1. The predicted molar refractivity (Wildman–Crippen MR) is 104 cm³/mol. The molecular formula is C20H19N3O4. The standard InChI is InChI=1S/C20H19N3O4/c1-3-27-18-12-15-16(22-13-4-6-14(26-2)7-5-13)10-11-21-20(15)23-17(18)8-9-19(24)25/h4-12H,3H2,1-2H3,(H,24,25)(H,21,22,23)/b9-8+. The largest absolute Gasteiger partial charge is 0.497 e. The van der Waals surface area contributed by atoms with Gasteiger partial charge in [-0.25, -0.2) is 14.8 Å². The topological polar surface area (TPSA) is 93.6 Å². The van der Waals surface area contributed by atoms with Crippen LogP contribution in [-0.4, -0.2) is 34.8 Å². The van der Waals surface area contributed by atoms with E-state index in [1.807, 2.05) is 43.3 Å². The fourth-order valence-corrected chi connectivity index (χ4v) is 2.55. The van der Waals surface area contributed by atoms with E-state index in [0.29, 0.717) is 23.7 Å². The molecular weight excluding hydrogens is 346 g/mol. The second-order valence-corrected chi connectivity index (χ2v) is 5.56. The number of ether oxygens (including phenoxy) is 2. The van der Waals surface area contributed by atoms with E-state index in [1.165, 1.54) is 6.08 Å². The first-order chi connectivity index (χ1) is 13.1. The van der Waals surface area contributed by atoms with Gasteiger partial charge in [0, 0.05) is 23.3 Å². The molecule has 0 radical (unpaired) electrons. The van der Waals surface area contributed by atoms with Crippen molar-refractivity contribution < 1.29 is 19.4 Å². The number of carboxylic acid groups (broad SMARTS) is 1. The summed E-state index contributed by atoms with van der Waals surface area (Å²) < 4.78 is 10.8. The highest BCUT2D eigenvalue weighted by molar-refractivity contribution is 5.93. The van der Waals surface area contributed by atoms with E-state index in [-0.39, 0.29) is 0 Å². The fraction of sp³-hybridized carbons (Fsp3) is 0.150. The van der Waals surface area contributed by atoms with Crippen molar-refractivity contribution in [2.75, 3.05) is 19.0 Å². The molecule has 0 fully saturated rings. The van der Waals surface area contributed by atoms with Crippen molar-refractivity contribution in [2.24, 2.45) is 0 Å². The smallest absolute Gasteiger partial charge is 0.328 e. The number of hydrogen-bond acceptors (Lipinski definition) is 6. The summed E-state index contributed by atoms with van der Waals surface area (Å²) in [6.07, 6.45) is 4.07. The Morgan fingerprint density at radius 2 is 2.04 bits per heavy atom. The Bertz CT molecular complexity index is 984. The van der Waals surface area contributed by atoms with Crippen LogP contribution in [0.25, 0.3) is 17.1 Å². The Morgan fingerprint density at radius 3 is 2.70 bits per heavy atom. The number of hydrogen-bond donors (Lipinski definition) is 2. The Labute approximate surface area is 156 Å². The Hall–Kier alpha value is -3.61. The summed E-state index contributed by atoms with van der Waals surface area (Å²) in [5, 5.41) is 13.0. The number of aliphatic carboxylic acids is 1. The van der Waals surface area contributed by atoms with E-state index < -0.39 is 5.97 Å². The molecule has 0 unspecified atom stereocenters. The number of carboxylic acids is 1. The lowest BCUT2D eigenvalue weighted by Crippen LogP contribution is -2.00. The minimum Gasteiger partial charge on any atom is -0.497 e. The molecule has 0 aliphatic heterocycles. The van der Waals surface area contributed by atoms with E-state index in [0.717, 1.165) is 28.6 Å². The first-order valence-electron chi connectivity index (χ1n) is 8.35. The van der Waals surface area contributed by atoms with E-state index >= 15 is 0 Å². The molecule has 3 aromatic rings. The monoisotopic (exact) mass is 365 g/mol. The maximum absolute atomic E-state index is 10.8. The van der Waals surface area contributed by atoms with Crippen molar-refractivity contribution in [3.63, 3.8) is 0 Å². The van der Waals surface area contributed by atoms with Crippen LogP contribution in [0.2, 0.25) is 0 Å². The van der Waals surface area contributed by atoms with E-state index in [2.05, 4.69) is 15.3 Å². The molecule has 0 aliphatic rings. The summed E-state index contributed by atoms with van der Waals surface area (Å²) in [7, 11) is 1.62. The number of anilines is 2. The molecule has 2 heterocycles. The van der Waals surface area contributed by atoms with Gasteiger partial charge in [0.1, 0.15) is 17.2 Å². The lowest BCUT2D eigenvalue weighted by Gasteiger charge is -2.12. The van der Waals surface area contributed by atoms with Gasteiger partial charge in [0.05, 0.1) is 19.4 Å². The van der Waals surface area contributed by atoms with Crippen molar-refractivity contribution in [3.05, 3.63) is 54.4 Å². The van der Waals surface area contributed by atoms with Crippen LogP contribution in [0.5, 0.6) is 11.5 Å². The normalized spacial score (nSPS) is 10.9. The van der Waals surface area contributed by atoms with Crippen LogP contribution in [0.4, 0.5) is 11.4 Å². The fourth-order valence-electron chi connectivity index (χ4n) is 2.55. The molecule has 0 spiro atoms. The van der Waals surface area contributed by atoms with E-state index in [4.69, 9.17) is 14.6 Å². The molecule has 7 heteroatoms. The Kier molecular flexibility index (Phi) is 5.51. The molecule has 7 nitrogen and oxygen atoms in total. The zero-order valence-electron chi connectivity index (χ0n) is 15.0. The average molecular weight is 365 g/mol. The number of carbonyl (C=O) groups is 1. The molecule has 2 aromatic heterocycles. The summed E-state index contributed by atoms with van der Waals surface area (Å²) in [6, 6.07) is 11.2. The number of aromatic nitrogens is 2. The second-order valence-electron chi connectivity index (χ2n) is 5.56. The number of methoxy groups -OCH3 is 1. The van der Waals surface area contributed by atoms with Gasteiger partial charge in [0.2, 0.25) is 0 Å². The van der Waals surface area contributed by atoms with E-state index in [1.54, 1.807) is 13.3 Å². The summed E-state index contributed by atoms with van der Waals surface area (Å²) >= 11 is 0. The number of rotatable bonds is 7. The maximum Gasteiger partial charge on any atom is 0.328 e. The average Bonchev–Trinajstić information content (AvgIpc) is 2.67. The van der Waals surface area contributed by atoms with Gasteiger partial charge in [0.15, 0.2) is 5.65 Å². The number of nitrogens with zero attached hydrogens (tertiary/aromatic N) is 2. The quantitative estimate of drug-likeness (QED) is 0.614. The second kappa shape index (κ2) is 8.18. The van der Waals surface area contributed by atoms with Gasteiger partial charge in [-0.15, -0.1) is 0 Å². The molecule has 27 heavy (non-hydrogen) atoms. The summed E-state index contributed by atoms with van der Waals surface area (Å²) in [6.45, 7) is 2.29. The zero-order chi connectivity index (χ0) is 19.2. The first-order valence-corrected chi connectivity index (χ1v) is 8.35. The van der Waals surface area contributed by atoms with Gasteiger partial charge >= 0.3 is 5.97 Å². The van der Waals surface area contributed by atoms with Gasteiger partial charge < -0.3 is 19.9 Å². The summed E-state index contributed by atoms with van der Waals surface area (Å²) in [5.74, 6) is 0.214. The summed E-state index contributed by atoms with van der Waals surface area (Å²) in [5.41, 5.74) is 2.60. The van der Waals surface area contributed by atoms with Crippen molar-refractivity contribution in [2.45, 2.75) is 6.92 Å². The number of fused-ring (bicyclic) bond motifs is 1. The van der Waals surface area contributed by atoms with E-state index in [9.17, 15) is 4.79 Å². The van der Waals surface area contributed by atoms with Crippen LogP contribution in [0.15, 0.2) is 48.7 Å². The highest BCUT2D eigenvalue weighted by Gasteiger charge is 2.11. The van der Waals surface area contributed by atoms with Crippen LogP contribution in [0, 0.1) is 0 Å². The van der Waals surface area contributed by atoms with Crippen molar-refractivity contribution >= 4 is 34.5 Å². The lowest BCUT2D eigenvalue weighted by molar-refractivity contribution is -0.131. The molecule has 0 bridgehead atoms. The summed E-state index contributed by atoms with van der Waals surface area (Å²) in [4.78, 5) is 19.6. The van der Waals surface area contributed by atoms with Crippen LogP contribution in [0.3, 0.4) is 0 Å². The van der Waals surface area contributed by atoms with Gasteiger partial charge in [-0.3, -0.25) is 0 Å². The highest BCUT2D eigenvalue weighted by atomic mass is 16.5. The van der Waals surface area contributed by atoms with Crippen molar-refractivity contribution in [3.8, 4) is 11.5 Å². The van der Waals surface area contributed by atoms with Crippen molar-refractivity contribution in [1.29, 1.82) is 0 Å². The first kappa shape index (κ1) is 18.2. The van der Waals surface area contributed by atoms with Gasteiger partial charge in [-0.2, -0.15) is 0 Å². The third kappa shape index (κ3) is 4.33. The third-order valence-electron chi connectivity index (χ3n) is 3.78. The van der Waals surface area contributed by atoms with Gasteiger partial charge in [-0.1, -0.05) is 0 Å². The van der Waals surface area contributed by atoms with Gasteiger partial charge in [-0.05, 0) is 49.4 Å². The molecule has 0 saturated carbocycles. The minimum absolute atomic E-state index is 0.417. The highest BCUT2D eigenvalue weighted by Crippen LogP contribution is 2.30. The maximum atomic E-state index is 10.8. The minimum atomic E-state index is -1.05. The molecule has 0 amide bonds. The molecule has 138 valence electrons. The molecule has 2 N–H and O–H groups in total. The van der Waals surface area contributed by atoms with Crippen LogP contribution < -0.4 is 14.8 Å². The predicted octanol–water partition coefficient (Wildman–Crippen LogP) is 3.88. The Balaban J connectivity index is 2.03. The number of pyridine rings is 2. The molecule has 3 rings (SSSR count). The van der Waals surface area contributed by atoms with Crippen LogP contribution in [0.1, 0.15) is 12.6 Å². The van der Waals surface area contributed by atoms with Crippen molar-refractivity contribution in [1.82, 2.24) is 9.97 Å². The molecule has 0 atom stereocenters. The molecule has 0 saturated heterocycles. The Morgan fingerprint density at radius 1 is 1.26 bits per heavy atom. The molecule has 1 aromatic carbocycles. The lowest BCUT2D eigenvalue weighted by atomic mass is 10.2. The third-order valence-corrected chi connectivity index (χ3v) is 3.78. The number of nitrogens with one attached hydrogen (secondary N) is 1. The van der Waals surface area contributed by atoms with Crippen LogP contribution in [-0.2, 0) is 4.79 Å².